The zero-order chi connectivity index (χ0) is 13.6. The standard InChI is InChI=1S/C16H30I2/c1-4-14-8-9-16(5-2,10-14)11-15(12-17)7-6-13(3)18/h13-15H,4-12H2,1-3H3. The van der Waals surface area contributed by atoms with E-state index in [9.17, 15) is 0 Å². The molecule has 0 saturated heterocycles. The van der Waals surface area contributed by atoms with Crippen molar-refractivity contribution in [2.24, 2.45) is 17.3 Å². The van der Waals surface area contributed by atoms with Gasteiger partial charge in [0, 0.05) is 8.35 Å². The van der Waals surface area contributed by atoms with Gasteiger partial charge in [0.2, 0.25) is 0 Å². The van der Waals surface area contributed by atoms with E-state index in [0.717, 1.165) is 15.8 Å². The molecule has 0 aromatic heterocycles. The van der Waals surface area contributed by atoms with Crippen LogP contribution >= 0.6 is 45.2 Å². The molecule has 0 nitrogen and oxygen atoms in total. The highest BCUT2D eigenvalue weighted by Gasteiger charge is 2.38. The second-order valence-corrected chi connectivity index (χ2v) is 9.46. The summed E-state index contributed by atoms with van der Waals surface area (Å²) in [5.41, 5.74) is 0.713. The van der Waals surface area contributed by atoms with E-state index in [1.807, 2.05) is 0 Å². The second kappa shape index (κ2) is 8.68. The van der Waals surface area contributed by atoms with Crippen LogP contribution in [0.1, 0.15) is 72.1 Å². The lowest BCUT2D eigenvalue weighted by molar-refractivity contribution is 0.205. The molecular formula is C16H30I2. The molecule has 0 N–H and O–H groups in total. The van der Waals surface area contributed by atoms with Gasteiger partial charge in [-0.15, -0.1) is 0 Å². The summed E-state index contributed by atoms with van der Waals surface area (Å²) < 4.78 is 2.21. The Morgan fingerprint density at radius 3 is 2.44 bits per heavy atom. The summed E-state index contributed by atoms with van der Waals surface area (Å²) in [6, 6.07) is 0. The first-order valence-corrected chi connectivity index (χ1v) is 10.5. The summed E-state index contributed by atoms with van der Waals surface area (Å²) in [4.78, 5) is 0. The van der Waals surface area contributed by atoms with Gasteiger partial charge in [0.15, 0.2) is 0 Å². The first-order chi connectivity index (χ1) is 8.55. The first kappa shape index (κ1) is 17.5. The van der Waals surface area contributed by atoms with E-state index in [1.165, 1.54) is 55.8 Å². The predicted molar refractivity (Wildman–Crippen MR) is 100 cm³/mol. The van der Waals surface area contributed by atoms with Crippen molar-refractivity contribution in [2.45, 2.75) is 76.1 Å². The number of rotatable bonds is 8. The first-order valence-electron chi connectivity index (χ1n) is 7.75. The van der Waals surface area contributed by atoms with Crippen LogP contribution in [0.15, 0.2) is 0 Å². The molecule has 0 amide bonds. The van der Waals surface area contributed by atoms with E-state index >= 15 is 0 Å². The number of halogens is 2. The summed E-state index contributed by atoms with van der Waals surface area (Å²) in [6.45, 7) is 7.16. The van der Waals surface area contributed by atoms with Crippen molar-refractivity contribution in [2.75, 3.05) is 4.43 Å². The zero-order valence-electron chi connectivity index (χ0n) is 12.4. The lowest BCUT2D eigenvalue weighted by Crippen LogP contribution is -2.22. The maximum Gasteiger partial charge on any atom is 0.00814 e. The van der Waals surface area contributed by atoms with Crippen LogP contribution in [0.25, 0.3) is 0 Å². The average Bonchev–Trinajstić information content (AvgIpc) is 2.78. The van der Waals surface area contributed by atoms with Crippen LogP contribution in [0.3, 0.4) is 0 Å². The third-order valence-corrected chi connectivity index (χ3v) is 6.91. The summed E-state index contributed by atoms with van der Waals surface area (Å²) in [6.07, 6.45) is 11.7. The summed E-state index contributed by atoms with van der Waals surface area (Å²) in [5.74, 6) is 2.00. The Kier molecular flexibility index (Phi) is 8.45. The van der Waals surface area contributed by atoms with Crippen LogP contribution in [0.4, 0.5) is 0 Å². The smallest absolute Gasteiger partial charge is 0.00814 e. The number of hydrogen-bond donors (Lipinski definition) is 0. The van der Waals surface area contributed by atoms with E-state index in [2.05, 4.69) is 66.0 Å². The van der Waals surface area contributed by atoms with Gasteiger partial charge in [-0.1, -0.05) is 78.8 Å². The largest absolute Gasteiger partial charge is 0.0861 e. The van der Waals surface area contributed by atoms with Crippen molar-refractivity contribution < 1.29 is 0 Å². The third-order valence-electron chi connectivity index (χ3n) is 5.04. The van der Waals surface area contributed by atoms with Crippen LogP contribution in [0, 0.1) is 17.3 Å². The van der Waals surface area contributed by atoms with Crippen LogP contribution in [0.2, 0.25) is 0 Å². The highest BCUT2D eigenvalue weighted by molar-refractivity contribution is 14.1. The van der Waals surface area contributed by atoms with Crippen LogP contribution in [-0.2, 0) is 0 Å². The topological polar surface area (TPSA) is 0 Å². The maximum absolute atomic E-state index is 2.62. The molecule has 4 unspecified atom stereocenters. The van der Waals surface area contributed by atoms with Crippen molar-refractivity contribution in [3.63, 3.8) is 0 Å². The van der Waals surface area contributed by atoms with Gasteiger partial charge >= 0.3 is 0 Å². The summed E-state index contributed by atoms with van der Waals surface area (Å²) >= 11 is 5.19. The van der Waals surface area contributed by atoms with E-state index in [0.29, 0.717) is 5.41 Å². The molecule has 4 atom stereocenters. The molecule has 0 spiro atoms. The molecular weight excluding hydrogens is 446 g/mol. The molecule has 0 aromatic rings. The Labute approximate surface area is 142 Å². The van der Waals surface area contributed by atoms with Crippen molar-refractivity contribution >= 4 is 45.2 Å². The van der Waals surface area contributed by atoms with Crippen molar-refractivity contribution in [3.8, 4) is 0 Å². The maximum atomic E-state index is 2.62. The van der Waals surface area contributed by atoms with Gasteiger partial charge in [0.25, 0.3) is 0 Å². The van der Waals surface area contributed by atoms with Crippen molar-refractivity contribution in [1.82, 2.24) is 0 Å². The van der Waals surface area contributed by atoms with Crippen LogP contribution in [0.5, 0.6) is 0 Å². The fourth-order valence-corrected chi connectivity index (χ4v) is 4.75. The molecule has 0 radical (unpaired) electrons. The molecule has 1 saturated carbocycles. The molecule has 1 rings (SSSR count). The molecule has 108 valence electrons. The minimum absolute atomic E-state index is 0.713. The molecule has 2 heteroatoms. The number of alkyl halides is 2. The highest BCUT2D eigenvalue weighted by atomic mass is 127. The van der Waals surface area contributed by atoms with Gasteiger partial charge in [-0.3, -0.25) is 0 Å². The van der Waals surface area contributed by atoms with Crippen molar-refractivity contribution in [1.29, 1.82) is 0 Å². The Morgan fingerprint density at radius 1 is 1.28 bits per heavy atom. The average molecular weight is 476 g/mol. The molecule has 1 aliphatic rings. The Balaban J connectivity index is 2.50. The van der Waals surface area contributed by atoms with E-state index in [4.69, 9.17) is 0 Å². The van der Waals surface area contributed by atoms with Gasteiger partial charge in [0.05, 0.1) is 0 Å². The van der Waals surface area contributed by atoms with E-state index < -0.39 is 0 Å². The van der Waals surface area contributed by atoms with Gasteiger partial charge in [-0.25, -0.2) is 0 Å². The van der Waals surface area contributed by atoms with Crippen molar-refractivity contribution in [3.05, 3.63) is 0 Å². The molecule has 0 heterocycles. The minimum atomic E-state index is 0.713. The molecule has 1 fully saturated rings. The van der Waals surface area contributed by atoms with Crippen LogP contribution < -0.4 is 0 Å². The molecule has 0 bridgehead atoms. The predicted octanol–water partition coefficient (Wildman–Crippen LogP) is 6.64. The quantitative estimate of drug-likeness (QED) is 0.272. The summed E-state index contributed by atoms with van der Waals surface area (Å²) in [7, 11) is 0. The third kappa shape index (κ3) is 5.45. The molecule has 18 heavy (non-hydrogen) atoms. The SMILES string of the molecule is CCC1CCC(CC)(CC(CI)CCC(C)I)C1. The fourth-order valence-electron chi connectivity index (χ4n) is 3.64. The zero-order valence-corrected chi connectivity index (χ0v) is 16.7. The molecule has 0 aromatic carbocycles. The monoisotopic (exact) mass is 476 g/mol. The van der Waals surface area contributed by atoms with Crippen LogP contribution in [-0.4, -0.2) is 8.35 Å². The lowest BCUT2D eigenvalue weighted by atomic mass is 9.74. The molecule has 0 aliphatic heterocycles. The highest BCUT2D eigenvalue weighted by Crippen LogP contribution is 2.50. The summed E-state index contributed by atoms with van der Waals surface area (Å²) in [5, 5.41) is 0. The Hall–Kier alpha value is 1.46. The fraction of sp³-hybridized carbons (Fsp3) is 1.00. The van der Waals surface area contributed by atoms with E-state index in [1.54, 1.807) is 0 Å². The normalized spacial score (nSPS) is 31.5. The van der Waals surface area contributed by atoms with Gasteiger partial charge in [-0.05, 0) is 55.8 Å². The Bertz CT molecular complexity index is 227. The van der Waals surface area contributed by atoms with E-state index in [-0.39, 0.29) is 0 Å². The van der Waals surface area contributed by atoms with Gasteiger partial charge in [-0.2, -0.15) is 0 Å². The minimum Gasteiger partial charge on any atom is -0.0861 e. The second-order valence-electron chi connectivity index (χ2n) is 6.45. The Morgan fingerprint density at radius 2 is 2.00 bits per heavy atom. The van der Waals surface area contributed by atoms with Gasteiger partial charge in [0.1, 0.15) is 0 Å². The number of hydrogen-bond acceptors (Lipinski definition) is 0. The lowest BCUT2D eigenvalue weighted by Gasteiger charge is -2.32. The molecule has 1 aliphatic carbocycles. The van der Waals surface area contributed by atoms with Gasteiger partial charge < -0.3 is 0 Å².